The van der Waals surface area contributed by atoms with Crippen molar-refractivity contribution < 1.29 is 0 Å². The summed E-state index contributed by atoms with van der Waals surface area (Å²) in [6.45, 7) is 13.6. The van der Waals surface area contributed by atoms with E-state index >= 15 is 0 Å². The summed E-state index contributed by atoms with van der Waals surface area (Å²) in [7, 11) is 0. The molecule has 0 aliphatic carbocycles. The maximum Gasteiger partial charge on any atom is 0.0253 e. The summed E-state index contributed by atoms with van der Waals surface area (Å²) in [4.78, 5) is 2.64. The van der Waals surface area contributed by atoms with Crippen LogP contribution in [0.15, 0.2) is 0 Å². The lowest BCUT2D eigenvalue weighted by Crippen LogP contribution is -2.65. The maximum atomic E-state index is 5.51. The second-order valence-corrected chi connectivity index (χ2v) is 6.22. The lowest BCUT2D eigenvalue weighted by atomic mass is 9.90. The molecule has 1 saturated heterocycles. The summed E-state index contributed by atoms with van der Waals surface area (Å²) >= 11 is 0. The summed E-state index contributed by atoms with van der Waals surface area (Å²) in [6, 6.07) is 1.15. The number of terminal acetylenes is 1. The van der Waals surface area contributed by atoms with E-state index in [9.17, 15) is 0 Å². The molecule has 2 unspecified atom stereocenters. The average Bonchev–Trinajstić information content (AvgIpc) is 2.24. The molecule has 1 fully saturated rings. The Morgan fingerprint density at radius 2 is 2.12 bits per heavy atom. The van der Waals surface area contributed by atoms with Crippen LogP contribution in [0.5, 0.6) is 0 Å². The lowest BCUT2D eigenvalue weighted by molar-refractivity contribution is 0.0317. The van der Waals surface area contributed by atoms with Gasteiger partial charge in [0, 0.05) is 37.1 Å². The van der Waals surface area contributed by atoms with Gasteiger partial charge < -0.3 is 5.32 Å². The van der Waals surface area contributed by atoms with Gasteiger partial charge in [0.25, 0.3) is 0 Å². The molecule has 2 nitrogen and oxygen atoms in total. The number of nitrogens with one attached hydrogen (secondary N) is 1. The van der Waals surface area contributed by atoms with Gasteiger partial charge in [-0.3, -0.25) is 4.90 Å². The van der Waals surface area contributed by atoms with Crippen LogP contribution in [0, 0.1) is 18.3 Å². The largest absolute Gasteiger partial charge is 0.309 e. The van der Waals surface area contributed by atoms with Gasteiger partial charge in [-0.15, -0.1) is 12.3 Å². The van der Waals surface area contributed by atoms with E-state index in [-0.39, 0.29) is 5.54 Å². The Labute approximate surface area is 107 Å². The van der Waals surface area contributed by atoms with E-state index in [1.165, 1.54) is 0 Å². The van der Waals surface area contributed by atoms with Gasteiger partial charge in [-0.1, -0.05) is 20.8 Å². The molecular weight excluding hydrogens is 208 g/mol. The standard InChI is InChI=1S/C15H28N2/c1-7-9-13(8-2)17-11-15(5,6)16-10-14(17)12(3)4/h1,12-14,16H,8-11H2,2-6H3. The molecule has 1 N–H and O–H groups in total. The van der Waals surface area contributed by atoms with Crippen LogP contribution in [0.2, 0.25) is 0 Å². The van der Waals surface area contributed by atoms with Crippen LogP contribution >= 0.6 is 0 Å². The molecule has 1 rings (SSSR count). The number of hydrogen-bond donors (Lipinski definition) is 1. The smallest absolute Gasteiger partial charge is 0.0253 e. The fourth-order valence-electron chi connectivity index (χ4n) is 2.78. The Balaban J connectivity index is 2.83. The van der Waals surface area contributed by atoms with Crippen LogP contribution < -0.4 is 5.32 Å². The van der Waals surface area contributed by atoms with Crippen LogP contribution in [-0.2, 0) is 0 Å². The summed E-state index contributed by atoms with van der Waals surface area (Å²) in [5, 5.41) is 3.65. The highest BCUT2D eigenvalue weighted by Gasteiger charge is 2.36. The molecule has 98 valence electrons. The Bertz CT molecular complexity index is 275. The van der Waals surface area contributed by atoms with Gasteiger partial charge in [0.15, 0.2) is 0 Å². The highest BCUT2D eigenvalue weighted by atomic mass is 15.3. The topological polar surface area (TPSA) is 15.3 Å². The maximum absolute atomic E-state index is 5.51. The van der Waals surface area contributed by atoms with Gasteiger partial charge in [0.2, 0.25) is 0 Å². The molecule has 17 heavy (non-hydrogen) atoms. The van der Waals surface area contributed by atoms with Crippen LogP contribution in [0.3, 0.4) is 0 Å². The predicted octanol–water partition coefficient (Wildman–Crippen LogP) is 2.50. The molecule has 0 spiro atoms. The first-order chi connectivity index (χ1) is 7.91. The van der Waals surface area contributed by atoms with E-state index in [1.807, 2.05) is 0 Å². The molecule has 1 aliphatic rings. The van der Waals surface area contributed by atoms with Gasteiger partial charge >= 0.3 is 0 Å². The van der Waals surface area contributed by atoms with Crippen molar-refractivity contribution in [2.75, 3.05) is 13.1 Å². The molecular formula is C15H28N2. The van der Waals surface area contributed by atoms with E-state index < -0.39 is 0 Å². The second-order valence-electron chi connectivity index (χ2n) is 6.22. The van der Waals surface area contributed by atoms with E-state index in [2.05, 4.69) is 50.8 Å². The predicted molar refractivity (Wildman–Crippen MR) is 74.9 cm³/mol. The third-order valence-electron chi connectivity index (χ3n) is 3.86. The minimum Gasteiger partial charge on any atom is -0.309 e. The fraction of sp³-hybridized carbons (Fsp3) is 0.867. The van der Waals surface area contributed by atoms with Crippen LogP contribution in [-0.4, -0.2) is 35.6 Å². The molecule has 2 heteroatoms. The third-order valence-corrected chi connectivity index (χ3v) is 3.86. The van der Waals surface area contributed by atoms with Gasteiger partial charge in [-0.25, -0.2) is 0 Å². The highest BCUT2D eigenvalue weighted by Crippen LogP contribution is 2.24. The Morgan fingerprint density at radius 3 is 2.59 bits per heavy atom. The van der Waals surface area contributed by atoms with Crippen molar-refractivity contribution in [1.82, 2.24) is 10.2 Å². The Hall–Kier alpha value is -0.520. The molecule has 0 saturated carbocycles. The molecule has 0 amide bonds. The molecule has 0 aromatic carbocycles. The summed E-state index contributed by atoms with van der Waals surface area (Å²) < 4.78 is 0. The first kappa shape index (κ1) is 14.5. The van der Waals surface area contributed by atoms with Crippen molar-refractivity contribution in [3.8, 4) is 12.3 Å². The zero-order valence-electron chi connectivity index (χ0n) is 12.1. The van der Waals surface area contributed by atoms with Crippen LogP contribution in [0.1, 0.15) is 47.5 Å². The van der Waals surface area contributed by atoms with E-state index in [0.717, 1.165) is 25.9 Å². The molecule has 0 aromatic heterocycles. The van der Waals surface area contributed by atoms with E-state index in [1.54, 1.807) is 0 Å². The van der Waals surface area contributed by atoms with Crippen LogP contribution in [0.25, 0.3) is 0 Å². The Morgan fingerprint density at radius 1 is 1.47 bits per heavy atom. The molecule has 0 bridgehead atoms. The molecule has 0 radical (unpaired) electrons. The highest BCUT2D eigenvalue weighted by molar-refractivity contribution is 4.99. The molecule has 2 atom stereocenters. The van der Waals surface area contributed by atoms with Crippen molar-refractivity contribution in [2.24, 2.45) is 5.92 Å². The van der Waals surface area contributed by atoms with Crippen molar-refractivity contribution in [1.29, 1.82) is 0 Å². The number of rotatable bonds is 4. The number of hydrogen-bond acceptors (Lipinski definition) is 2. The summed E-state index contributed by atoms with van der Waals surface area (Å²) in [5.74, 6) is 3.51. The minimum absolute atomic E-state index is 0.202. The second kappa shape index (κ2) is 5.89. The molecule has 0 aromatic rings. The van der Waals surface area contributed by atoms with Crippen molar-refractivity contribution in [3.63, 3.8) is 0 Å². The quantitative estimate of drug-likeness (QED) is 0.755. The van der Waals surface area contributed by atoms with Crippen LogP contribution in [0.4, 0.5) is 0 Å². The SMILES string of the molecule is C#CCC(CC)N1CC(C)(C)NCC1C(C)C. The van der Waals surface area contributed by atoms with Crippen molar-refractivity contribution in [3.05, 3.63) is 0 Å². The fourth-order valence-corrected chi connectivity index (χ4v) is 2.78. The number of nitrogens with zero attached hydrogens (tertiary/aromatic N) is 1. The van der Waals surface area contributed by atoms with Crippen molar-refractivity contribution >= 4 is 0 Å². The summed E-state index contributed by atoms with van der Waals surface area (Å²) in [6.07, 6.45) is 7.52. The Kier molecular flexibility index (Phi) is 5.04. The summed E-state index contributed by atoms with van der Waals surface area (Å²) in [5.41, 5.74) is 0.202. The average molecular weight is 236 g/mol. The van der Waals surface area contributed by atoms with Crippen molar-refractivity contribution in [2.45, 2.75) is 65.1 Å². The zero-order chi connectivity index (χ0) is 13.1. The third kappa shape index (κ3) is 3.72. The van der Waals surface area contributed by atoms with E-state index in [4.69, 9.17) is 6.42 Å². The van der Waals surface area contributed by atoms with Gasteiger partial charge in [0.1, 0.15) is 0 Å². The van der Waals surface area contributed by atoms with E-state index in [0.29, 0.717) is 18.0 Å². The normalized spacial score (nSPS) is 26.8. The van der Waals surface area contributed by atoms with Gasteiger partial charge in [0.05, 0.1) is 0 Å². The number of piperazine rings is 1. The lowest BCUT2D eigenvalue weighted by Gasteiger charge is -2.49. The molecule has 1 heterocycles. The minimum atomic E-state index is 0.202. The molecule has 1 aliphatic heterocycles. The zero-order valence-corrected chi connectivity index (χ0v) is 12.1. The van der Waals surface area contributed by atoms with Gasteiger partial charge in [-0.05, 0) is 26.2 Å². The van der Waals surface area contributed by atoms with Gasteiger partial charge in [-0.2, -0.15) is 0 Å². The monoisotopic (exact) mass is 236 g/mol. The first-order valence-corrected chi connectivity index (χ1v) is 6.85. The first-order valence-electron chi connectivity index (χ1n) is 6.85.